The van der Waals surface area contributed by atoms with E-state index in [2.05, 4.69) is 15.5 Å². The van der Waals surface area contributed by atoms with E-state index in [1.54, 1.807) is 30.3 Å². The van der Waals surface area contributed by atoms with Crippen molar-refractivity contribution in [3.8, 4) is 11.5 Å². The van der Waals surface area contributed by atoms with Crippen LogP contribution >= 0.6 is 35.0 Å². The number of benzene rings is 3. The summed E-state index contributed by atoms with van der Waals surface area (Å²) in [7, 11) is 0. The highest BCUT2D eigenvalue weighted by molar-refractivity contribution is 7.99. The standard InChI is InChI=1S/C23H17Cl2N3O2S/c24-18-11-9-16(10-12-18)22-27-28-23(30-22)31-14-20(29)26-21(15-5-2-1-3-6-15)17-7-4-8-19(25)13-17/h1-13,21H,14H2,(H,26,29). The van der Waals surface area contributed by atoms with Crippen LogP contribution in [0.5, 0.6) is 0 Å². The van der Waals surface area contributed by atoms with Gasteiger partial charge in [-0.2, -0.15) is 0 Å². The van der Waals surface area contributed by atoms with Gasteiger partial charge in [-0.3, -0.25) is 4.79 Å². The Morgan fingerprint density at radius 2 is 1.65 bits per heavy atom. The predicted molar refractivity (Wildman–Crippen MR) is 123 cm³/mol. The maximum atomic E-state index is 12.7. The highest BCUT2D eigenvalue weighted by Crippen LogP contribution is 2.26. The van der Waals surface area contributed by atoms with Gasteiger partial charge in [-0.25, -0.2) is 0 Å². The molecular formula is C23H17Cl2N3O2S. The molecule has 0 aliphatic heterocycles. The van der Waals surface area contributed by atoms with Crippen molar-refractivity contribution in [3.05, 3.63) is 100 Å². The van der Waals surface area contributed by atoms with Crippen LogP contribution in [-0.4, -0.2) is 21.9 Å². The van der Waals surface area contributed by atoms with Crippen LogP contribution in [0, 0.1) is 0 Å². The highest BCUT2D eigenvalue weighted by atomic mass is 35.5. The van der Waals surface area contributed by atoms with E-state index in [1.807, 2.05) is 48.5 Å². The van der Waals surface area contributed by atoms with Gasteiger partial charge < -0.3 is 9.73 Å². The first-order valence-electron chi connectivity index (χ1n) is 9.40. The van der Waals surface area contributed by atoms with Crippen molar-refractivity contribution in [2.24, 2.45) is 0 Å². The van der Waals surface area contributed by atoms with Crippen molar-refractivity contribution in [2.75, 3.05) is 5.75 Å². The van der Waals surface area contributed by atoms with E-state index < -0.39 is 0 Å². The molecule has 0 bridgehead atoms. The monoisotopic (exact) mass is 469 g/mol. The average Bonchev–Trinajstić information content (AvgIpc) is 3.26. The SMILES string of the molecule is O=C(CSc1nnc(-c2ccc(Cl)cc2)o1)NC(c1ccccc1)c1cccc(Cl)c1. The fourth-order valence-electron chi connectivity index (χ4n) is 3.00. The lowest BCUT2D eigenvalue weighted by Crippen LogP contribution is -2.30. The molecule has 0 saturated carbocycles. The molecule has 1 amide bonds. The molecule has 1 unspecified atom stereocenters. The van der Waals surface area contributed by atoms with E-state index in [1.165, 1.54) is 11.8 Å². The molecule has 31 heavy (non-hydrogen) atoms. The topological polar surface area (TPSA) is 68.0 Å². The third-order valence-corrected chi connectivity index (χ3v) is 5.75. The molecule has 4 aromatic rings. The lowest BCUT2D eigenvalue weighted by atomic mass is 9.99. The molecule has 0 fully saturated rings. The van der Waals surface area contributed by atoms with Gasteiger partial charge in [-0.1, -0.05) is 77.4 Å². The van der Waals surface area contributed by atoms with Gasteiger partial charge in [0.15, 0.2) is 0 Å². The molecule has 1 atom stereocenters. The maximum absolute atomic E-state index is 12.7. The number of carbonyl (C=O) groups excluding carboxylic acids is 1. The number of nitrogens with zero attached hydrogens (tertiary/aromatic N) is 2. The molecule has 1 N–H and O–H groups in total. The average molecular weight is 470 g/mol. The van der Waals surface area contributed by atoms with Crippen molar-refractivity contribution in [1.29, 1.82) is 0 Å². The Morgan fingerprint density at radius 1 is 0.903 bits per heavy atom. The molecule has 0 aliphatic carbocycles. The largest absolute Gasteiger partial charge is 0.411 e. The lowest BCUT2D eigenvalue weighted by Gasteiger charge is -2.20. The first-order chi connectivity index (χ1) is 15.1. The Morgan fingerprint density at radius 3 is 2.39 bits per heavy atom. The zero-order chi connectivity index (χ0) is 21.6. The number of hydrogen-bond acceptors (Lipinski definition) is 5. The second-order valence-electron chi connectivity index (χ2n) is 6.63. The minimum absolute atomic E-state index is 0.131. The molecule has 3 aromatic carbocycles. The molecule has 4 rings (SSSR count). The van der Waals surface area contributed by atoms with Crippen LogP contribution in [0.25, 0.3) is 11.5 Å². The minimum atomic E-state index is -0.319. The Labute approximate surface area is 193 Å². The van der Waals surface area contributed by atoms with Crippen LogP contribution < -0.4 is 5.32 Å². The molecule has 0 aliphatic rings. The van der Waals surface area contributed by atoms with E-state index in [4.69, 9.17) is 27.6 Å². The summed E-state index contributed by atoms with van der Waals surface area (Å²) < 4.78 is 5.65. The van der Waals surface area contributed by atoms with Crippen LogP contribution in [0.4, 0.5) is 0 Å². The molecule has 5 nitrogen and oxygen atoms in total. The van der Waals surface area contributed by atoms with Gasteiger partial charge in [0.05, 0.1) is 11.8 Å². The zero-order valence-electron chi connectivity index (χ0n) is 16.2. The van der Waals surface area contributed by atoms with E-state index in [0.29, 0.717) is 21.2 Å². The Bertz CT molecular complexity index is 1170. The van der Waals surface area contributed by atoms with Gasteiger partial charge in [-0.05, 0) is 47.5 Å². The van der Waals surface area contributed by atoms with E-state index in [-0.39, 0.29) is 17.7 Å². The van der Waals surface area contributed by atoms with Gasteiger partial charge >= 0.3 is 0 Å². The number of halogens is 2. The highest BCUT2D eigenvalue weighted by Gasteiger charge is 2.18. The van der Waals surface area contributed by atoms with Crippen molar-refractivity contribution in [3.63, 3.8) is 0 Å². The van der Waals surface area contributed by atoms with Crippen molar-refractivity contribution in [2.45, 2.75) is 11.3 Å². The quantitative estimate of drug-likeness (QED) is 0.334. The first kappa shape index (κ1) is 21.4. The molecule has 156 valence electrons. The normalized spacial score (nSPS) is 11.8. The lowest BCUT2D eigenvalue weighted by molar-refractivity contribution is -0.119. The Balaban J connectivity index is 1.43. The fourth-order valence-corrected chi connectivity index (χ4v) is 3.90. The van der Waals surface area contributed by atoms with Gasteiger partial charge in [0.2, 0.25) is 11.8 Å². The number of amides is 1. The van der Waals surface area contributed by atoms with E-state index >= 15 is 0 Å². The molecule has 8 heteroatoms. The zero-order valence-corrected chi connectivity index (χ0v) is 18.5. The second-order valence-corrected chi connectivity index (χ2v) is 8.43. The number of nitrogens with one attached hydrogen (secondary N) is 1. The predicted octanol–water partition coefficient (Wildman–Crippen LogP) is 6.04. The fraction of sp³-hybridized carbons (Fsp3) is 0.0870. The van der Waals surface area contributed by atoms with Crippen LogP contribution in [0.2, 0.25) is 10.0 Å². The van der Waals surface area contributed by atoms with Gasteiger partial charge in [0.1, 0.15) is 0 Å². The van der Waals surface area contributed by atoms with Gasteiger partial charge in [0.25, 0.3) is 5.22 Å². The minimum Gasteiger partial charge on any atom is -0.411 e. The number of aromatic nitrogens is 2. The summed E-state index contributed by atoms with van der Waals surface area (Å²) in [5.74, 6) is 0.345. The van der Waals surface area contributed by atoms with Crippen LogP contribution in [0.1, 0.15) is 17.2 Å². The molecule has 1 aromatic heterocycles. The summed E-state index contributed by atoms with van der Waals surface area (Å²) in [5, 5.41) is 12.7. The first-order valence-corrected chi connectivity index (χ1v) is 11.1. The summed E-state index contributed by atoms with van der Waals surface area (Å²) in [6.45, 7) is 0. The number of hydrogen-bond donors (Lipinski definition) is 1. The molecule has 0 spiro atoms. The summed E-state index contributed by atoms with van der Waals surface area (Å²) in [4.78, 5) is 12.7. The molecule has 1 heterocycles. The maximum Gasteiger partial charge on any atom is 0.277 e. The third kappa shape index (κ3) is 5.67. The van der Waals surface area contributed by atoms with Crippen LogP contribution in [0.3, 0.4) is 0 Å². The van der Waals surface area contributed by atoms with Crippen molar-refractivity contribution < 1.29 is 9.21 Å². The van der Waals surface area contributed by atoms with Crippen LogP contribution in [0.15, 0.2) is 88.5 Å². The second kappa shape index (κ2) is 10.0. The van der Waals surface area contributed by atoms with Crippen molar-refractivity contribution in [1.82, 2.24) is 15.5 Å². The third-order valence-electron chi connectivity index (χ3n) is 4.44. The summed E-state index contributed by atoms with van der Waals surface area (Å²) in [6, 6.07) is 24.0. The van der Waals surface area contributed by atoms with Gasteiger partial charge in [-0.15, -0.1) is 10.2 Å². The Hall–Kier alpha value is -2.80. The summed E-state index contributed by atoms with van der Waals surface area (Å²) in [6.07, 6.45) is 0. The number of rotatable bonds is 7. The number of carbonyl (C=O) groups is 1. The summed E-state index contributed by atoms with van der Waals surface area (Å²) in [5.41, 5.74) is 2.63. The van der Waals surface area contributed by atoms with E-state index in [9.17, 15) is 4.79 Å². The van der Waals surface area contributed by atoms with Crippen molar-refractivity contribution >= 4 is 40.9 Å². The van der Waals surface area contributed by atoms with Crippen LogP contribution in [-0.2, 0) is 4.79 Å². The van der Waals surface area contributed by atoms with Gasteiger partial charge in [0, 0.05) is 15.6 Å². The Kier molecular flexibility index (Phi) is 6.92. The molecule has 0 radical (unpaired) electrons. The van der Waals surface area contributed by atoms with E-state index in [0.717, 1.165) is 16.7 Å². The smallest absolute Gasteiger partial charge is 0.277 e. The summed E-state index contributed by atoms with van der Waals surface area (Å²) >= 11 is 13.2. The molecular weight excluding hydrogens is 453 g/mol. The molecule has 0 saturated heterocycles. The number of thioether (sulfide) groups is 1.